The Morgan fingerprint density at radius 1 is 1.26 bits per heavy atom. The Labute approximate surface area is 136 Å². The first-order valence-electron chi connectivity index (χ1n) is 7.62. The number of nitrogens with zero attached hydrogens (tertiary/aromatic N) is 1. The standard InChI is InChI=1S/C17H23NO5/c1-11-7-5-6-8-14(11)22-12-9-13(15(19)20)18(10-12)16(21)23-17(2,3)4/h5-8,12-13H,9-10H2,1-4H3,(H,19,20). The summed E-state index contributed by atoms with van der Waals surface area (Å²) in [4.78, 5) is 24.9. The summed E-state index contributed by atoms with van der Waals surface area (Å²) < 4.78 is 11.2. The fourth-order valence-corrected chi connectivity index (χ4v) is 2.51. The maximum Gasteiger partial charge on any atom is 0.411 e. The highest BCUT2D eigenvalue weighted by Gasteiger charge is 2.42. The van der Waals surface area contributed by atoms with E-state index in [9.17, 15) is 14.7 Å². The molecule has 0 bridgehead atoms. The van der Waals surface area contributed by atoms with Gasteiger partial charge in [-0.05, 0) is 39.3 Å². The summed E-state index contributed by atoms with van der Waals surface area (Å²) in [5.41, 5.74) is 0.296. The molecule has 0 aromatic heterocycles. The van der Waals surface area contributed by atoms with E-state index in [-0.39, 0.29) is 19.1 Å². The number of likely N-dealkylation sites (tertiary alicyclic amines) is 1. The predicted molar refractivity (Wildman–Crippen MR) is 84.6 cm³/mol. The van der Waals surface area contributed by atoms with Crippen molar-refractivity contribution in [1.29, 1.82) is 0 Å². The summed E-state index contributed by atoms with van der Waals surface area (Å²) in [6, 6.07) is 6.59. The molecule has 2 rings (SSSR count). The van der Waals surface area contributed by atoms with Crippen LogP contribution in [-0.2, 0) is 9.53 Å². The smallest absolute Gasteiger partial charge is 0.411 e. The minimum Gasteiger partial charge on any atom is -0.488 e. The van der Waals surface area contributed by atoms with Gasteiger partial charge in [-0.15, -0.1) is 0 Å². The van der Waals surface area contributed by atoms with Crippen molar-refractivity contribution in [2.45, 2.75) is 51.9 Å². The Morgan fingerprint density at radius 2 is 1.91 bits per heavy atom. The van der Waals surface area contributed by atoms with Crippen LogP contribution in [0, 0.1) is 6.92 Å². The highest BCUT2D eigenvalue weighted by Crippen LogP contribution is 2.26. The molecule has 0 aliphatic carbocycles. The Hall–Kier alpha value is -2.24. The van der Waals surface area contributed by atoms with Crippen molar-refractivity contribution >= 4 is 12.1 Å². The van der Waals surface area contributed by atoms with Crippen molar-refractivity contribution in [1.82, 2.24) is 4.90 Å². The largest absolute Gasteiger partial charge is 0.488 e. The molecule has 126 valence electrons. The number of aliphatic carboxylic acids is 1. The van der Waals surface area contributed by atoms with E-state index in [1.807, 2.05) is 31.2 Å². The van der Waals surface area contributed by atoms with Crippen LogP contribution < -0.4 is 4.74 Å². The zero-order valence-corrected chi connectivity index (χ0v) is 13.9. The van der Waals surface area contributed by atoms with Crippen LogP contribution in [0.3, 0.4) is 0 Å². The number of benzene rings is 1. The molecular weight excluding hydrogens is 298 g/mol. The molecule has 1 aromatic rings. The molecule has 2 unspecified atom stereocenters. The number of carbonyl (C=O) groups is 2. The number of carboxylic acid groups (broad SMARTS) is 1. The van der Waals surface area contributed by atoms with Crippen molar-refractivity contribution in [3.8, 4) is 5.75 Å². The van der Waals surface area contributed by atoms with E-state index in [1.54, 1.807) is 20.8 Å². The zero-order chi connectivity index (χ0) is 17.2. The second-order valence-corrected chi connectivity index (χ2v) is 6.73. The number of aryl methyl sites for hydroxylation is 1. The van der Waals surface area contributed by atoms with Crippen molar-refractivity contribution in [3.63, 3.8) is 0 Å². The Bertz CT molecular complexity index is 593. The first-order chi connectivity index (χ1) is 10.7. The Balaban J connectivity index is 2.10. The zero-order valence-electron chi connectivity index (χ0n) is 13.9. The highest BCUT2D eigenvalue weighted by molar-refractivity contribution is 5.81. The minimum atomic E-state index is -1.05. The molecule has 6 heteroatoms. The van der Waals surface area contributed by atoms with E-state index < -0.39 is 23.7 Å². The number of hydrogen-bond donors (Lipinski definition) is 1. The lowest BCUT2D eigenvalue weighted by atomic mass is 10.2. The summed E-state index contributed by atoms with van der Waals surface area (Å²) in [5, 5.41) is 9.36. The molecule has 1 N–H and O–H groups in total. The fourth-order valence-electron chi connectivity index (χ4n) is 2.51. The topological polar surface area (TPSA) is 76.1 Å². The third kappa shape index (κ3) is 4.37. The van der Waals surface area contributed by atoms with Gasteiger partial charge in [0.15, 0.2) is 0 Å². The van der Waals surface area contributed by atoms with E-state index in [4.69, 9.17) is 9.47 Å². The van der Waals surface area contributed by atoms with Crippen LogP contribution in [0.25, 0.3) is 0 Å². The second-order valence-electron chi connectivity index (χ2n) is 6.73. The quantitative estimate of drug-likeness (QED) is 0.926. The molecular formula is C17H23NO5. The van der Waals surface area contributed by atoms with E-state index in [0.717, 1.165) is 5.56 Å². The van der Waals surface area contributed by atoms with E-state index >= 15 is 0 Å². The lowest BCUT2D eigenvalue weighted by Gasteiger charge is -2.26. The monoisotopic (exact) mass is 321 g/mol. The van der Waals surface area contributed by atoms with Gasteiger partial charge in [0, 0.05) is 6.42 Å². The summed E-state index contributed by atoms with van der Waals surface area (Å²) in [6.45, 7) is 7.36. The van der Waals surface area contributed by atoms with E-state index in [2.05, 4.69) is 0 Å². The Kier molecular flexibility index (Phi) is 4.82. The lowest BCUT2D eigenvalue weighted by Crippen LogP contribution is -2.43. The number of carbonyl (C=O) groups excluding carboxylic acids is 1. The summed E-state index contributed by atoms with van der Waals surface area (Å²) in [7, 11) is 0. The molecule has 2 atom stereocenters. The number of amides is 1. The minimum absolute atomic E-state index is 0.195. The Morgan fingerprint density at radius 3 is 2.48 bits per heavy atom. The molecule has 1 heterocycles. The average molecular weight is 321 g/mol. The molecule has 1 aliphatic heterocycles. The van der Waals surface area contributed by atoms with Gasteiger partial charge in [-0.3, -0.25) is 4.90 Å². The van der Waals surface area contributed by atoms with Crippen LogP contribution in [-0.4, -0.2) is 46.4 Å². The first-order valence-corrected chi connectivity index (χ1v) is 7.62. The molecule has 0 radical (unpaired) electrons. The molecule has 6 nitrogen and oxygen atoms in total. The van der Waals surface area contributed by atoms with Gasteiger partial charge in [0.25, 0.3) is 0 Å². The van der Waals surface area contributed by atoms with Crippen molar-refractivity contribution in [2.24, 2.45) is 0 Å². The number of hydrogen-bond acceptors (Lipinski definition) is 4. The van der Waals surface area contributed by atoms with Crippen molar-refractivity contribution < 1.29 is 24.2 Å². The van der Waals surface area contributed by atoms with Crippen LogP contribution in [0.4, 0.5) is 4.79 Å². The van der Waals surface area contributed by atoms with Crippen molar-refractivity contribution in [3.05, 3.63) is 29.8 Å². The van der Waals surface area contributed by atoms with Crippen LogP contribution in [0.2, 0.25) is 0 Å². The maximum atomic E-state index is 12.2. The van der Waals surface area contributed by atoms with Crippen LogP contribution in [0.15, 0.2) is 24.3 Å². The van der Waals surface area contributed by atoms with Gasteiger partial charge in [0.05, 0.1) is 6.54 Å². The summed E-state index contributed by atoms with van der Waals surface area (Å²) >= 11 is 0. The van der Waals surface area contributed by atoms with Gasteiger partial charge in [0.2, 0.25) is 0 Å². The van der Waals surface area contributed by atoms with Crippen LogP contribution in [0.1, 0.15) is 32.8 Å². The third-order valence-corrected chi connectivity index (χ3v) is 3.56. The fraction of sp³-hybridized carbons (Fsp3) is 0.529. The molecule has 1 amide bonds. The molecule has 1 aromatic carbocycles. The summed E-state index contributed by atoms with van der Waals surface area (Å²) in [5.74, 6) is -0.348. The normalized spacial score (nSPS) is 21.1. The van der Waals surface area contributed by atoms with E-state index in [1.165, 1.54) is 4.90 Å². The SMILES string of the molecule is Cc1ccccc1OC1CC(C(=O)O)N(C(=O)OC(C)(C)C)C1. The number of rotatable bonds is 3. The molecule has 1 fully saturated rings. The van der Waals surface area contributed by atoms with Gasteiger partial charge < -0.3 is 14.6 Å². The highest BCUT2D eigenvalue weighted by atomic mass is 16.6. The van der Waals surface area contributed by atoms with Gasteiger partial charge in [-0.1, -0.05) is 18.2 Å². The molecule has 0 spiro atoms. The number of ether oxygens (including phenoxy) is 2. The van der Waals surface area contributed by atoms with Crippen LogP contribution in [0.5, 0.6) is 5.75 Å². The van der Waals surface area contributed by atoms with Gasteiger partial charge >= 0.3 is 12.1 Å². The molecule has 1 aliphatic rings. The number of para-hydroxylation sites is 1. The first kappa shape index (κ1) is 17.1. The van der Waals surface area contributed by atoms with Gasteiger partial charge in [0.1, 0.15) is 23.5 Å². The maximum absolute atomic E-state index is 12.2. The lowest BCUT2D eigenvalue weighted by molar-refractivity contribution is -0.142. The van der Waals surface area contributed by atoms with Gasteiger partial charge in [-0.2, -0.15) is 0 Å². The predicted octanol–water partition coefficient (Wildman–Crippen LogP) is 2.84. The molecule has 23 heavy (non-hydrogen) atoms. The van der Waals surface area contributed by atoms with Crippen LogP contribution >= 0.6 is 0 Å². The number of carboxylic acids is 1. The molecule has 1 saturated heterocycles. The van der Waals surface area contributed by atoms with Gasteiger partial charge in [-0.25, -0.2) is 9.59 Å². The molecule has 0 saturated carbocycles. The second kappa shape index (κ2) is 6.48. The van der Waals surface area contributed by atoms with Crippen molar-refractivity contribution in [2.75, 3.05) is 6.54 Å². The summed E-state index contributed by atoms with van der Waals surface area (Å²) in [6.07, 6.45) is -0.756. The van der Waals surface area contributed by atoms with E-state index in [0.29, 0.717) is 5.75 Å². The average Bonchev–Trinajstić information content (AvgIpc) is 2.84. The third-order valence-electron chi connectivity index (χ3n) is 3.56.